The first-order valence-corrected chi connectivity index (χ1v) is 23.0. The highest BCUT2D eigenvalue weighted by molar-refractivity contribution is 6.76. The number of anilines is 1. The van der Waals surface area contributed by atoms with Crippen LogP contribution < -0.4 is 19.9 Å². The van der Waals surface area contributed by atoms with Crippen molar-refractivity contribution in [3.8, 4) is 11.5 Å². The third-order valence-electron chi connectivity index (χ3n) is 9.84. The molecular formula is C44H51ClN6O5Si. The fraction of sp³-hybridized carbons (Fsp3) is 0.318. The molecule has 0 aliphatic rings. The van der Waals surface area contributed by atoms with Gasteiger partial charge in [0.25, 0.3) is 11.5 Å². The van der Waals surface area contributed by atoms with E-state index in [2.05, 4.69) is 71.3 Å². The van der Waals surface area contributed by atoms with Crippen LogP contribution in [0.1, 0.15) is 38.6 Å². The number of ether oxygens (including phenoxy) is 3. The number of aromatic nitrogens is 4. The molecule has 0 aliphatic heterocycles. The van der Waals surface area contributed by atoms with Gasteiger partial charge in [0.05, 0.1) is 49.1 Å². The molecule has 6 aromatic rings. The summed E-state index contributed by atoms with van der Waals surface area (Å²) in [5.74, 6) is 2.12. The number of amides is 1. The standard InChI is InChI=1S/C44H51ClN6O5Si/c1-31-23-41-39(47-43(31)49(26-32-11-17-37(54-3)18-12-32)27-33-13-19-38(55-4)20-14-33)24-36(51(41)30-56-21-22-57(5,6)7)29-50-40(9-8-10-42(50)52)44(53)48(2)28-35-16-15-34(45)25-46-35/h8-20,23-25H,21-22,26-30H2,1-7H3. The average Bonchev–Trinajstić information content (AvgIpc) is 3.52. The van der Waals surface area contributed by atoms with Crippen molar-refractivity contribution in [1.29, 1.82) is 0 Å². The average molecular weight is 807 g/mol. The van der Waals surface area contributed by atoms with E-state index in [0.29, 0.717) is 30.4 Å². The topological polar surface area (TPSA) is 104 Å². The van der Waals surface area contributed by atoms with E-state index in [9.17, 15) is 9.59 Å². The largest absolute Gasteiger partial charge is 0.497 e. The molecule has 1 amide bonds. The number of carbonyl (C=O) groups is 1. The van der Waals surface area contributed by atoms with Crippen LogP contribution >= 0.6 is 11.6 Å². The van der Waals surface area contributed by atoms with Crippen LogP contribution in [-0.4, -0.2) is 65.9 Å². The number of hydrogen-bond donors (Lipinski definition) is 0. The van der Waals surface area contributed by atoms with Crippen LogP contribution in [0.25, 0.3) is 11.0 Å². The van der Waals surface area contributed by atoms with E-state index in [1.807, 2.05) is 30.3 Å². The first-order valence-electron chi connectivity index (χ1n) is 19.0. The number of pyridine rings is 3. The Labute approximate surface area is 340 Å². The number of fused-ring (bicyclic) bond motifs is 1. The molecule has 57 heavy (non-hydrogen) atoms. The van der Waals surface area contributed by atoms with Gasteiger partial charge in [0.15, 0.2) is 0 Å². The van der Waals surface area contributed by atoms with Gasteiger partial charge in [-0.25, -0.2) is 4.98 Å². The minimum absolute atomic E-state index is 0.136. The molecule has 0 unspecified atom stereocenters. The number of carbonyl (C=O) groups excluding carboxylic acids is 1. The number of halogens is 1. The summed E-state index contributed by atoms with van der Waals surface area (Å²) in [6.07, 6.45) is 1.55. The van der Waals surface area contributed by atoms with Gasteiger partial charge < -0.3 is 28.6 Å². The molecule has 13 heteroatoms. The maximum Gasteiger partial charge on any atom is 0.270 e. The molecule has 0 fully saturated rings. The van der Waals surface area contributed by atoms with E-state index in [1.54, 1.807) is 56.6 Å². The Hall–Kier alpha value is -5.43. The van der Waals surface area contributed by atoms with Crippen LogP contribution in [0.4, 0.5) is 5.82 Å². The van der Waals surface area contributed by atoms with Crippen LogP contribution in [0.5, 0.6) is 11.5 Å². The van der Waals surface area contributed by atoms with Gasteiger partial charge in [-0.1, -0.05) is 61.6 Å². The summed E-state index contributed by atoms with van der Waals surface area (Å²) in [5.41, 5.74) is 6.31. The van der Waals surface area contributed by atoms with Gasteiger partial charge >= 0.3 is 0 Å². The molecule has 0 saturated carbocycles. The molecular weight excluding hydrogens is 756 g/mol. The zero-order valence-corrected chi connectivity index (χ0v) is 35.5. The fourth-order valence-corrected chi connectivity index (χ4v) is 7.47. The predicted octanol–water partition coefficient (Wildman–Crippen LogP) is 8.41. The SMILES string of the molecule is COc1ccc(CN(Cc2ccc(OC)cc2)c2nc3cc(Cn4c(C(=O)N(C)Cc5ccc(Cl)cn5)cccc4=O)n(COCC[Si](C)(C)C)c3cc2C)cc1. The lowest BCUT2D eigenvalue weighted by Crippen LogP contribution is -2.34. The molecule has 0 atom stereocenters. The molecule has 0 aliphatic carbocycles. The Balaban J connectivity index is 1.39. The molecule has 6 rings (SSSR count). The predicted molar refractivity (Wildman–Crippen MR) is 229 cm³/mol. The lowest BCUT2D eigenvalue weighted by Gasteiger charge is -2.26. The number of hydrogen-bond acceptors (Lipinski definition) is 8. The first-order chi connectivity index (χ1) is 27.3. The van der Waals surface area contributed by atoms with Crippen molar-refractivity contribution >= 4 is 42.4 Å². The molecule has 4 heterocycles. The molecule has 11 nitrogen and oxygen atoms in total. The van der Waals surface area contributed by atoms with Crippen LogP contribution in [0.3, 0.4) is 0 Å². The van der Waals surface area contributed by atoms with E-state index in [1.165, 1.54) is 10.6 Å². The molecule has 0 saturated heterocycles. The third kappa shape index (κ3) is 10.5. The van der Waals surface area contributed by atoms with Crippen molar-refractivity contribution in [2.75, 3.05) is 32.8 Å². The van der Waals surface area contributed by atoms with Crippen molar-refractivity contribution in [2.24, 2.45) is 0 Å². The second-order valence-electron chi connectivity index (χ2n) is 15.5. The van der Waals surface area contributed by atoms with Gasteiger partial charge in [-0.05, 0) is 84.3 Å². The van der Waals surface area contributed by atoms with Gasteiger partial charge in [-0.15, -0.1) is 0 Å². The second kappa shape index (κ2) is 18.2. The Kier molecular flexibility index (Phi) is 13.2. The normalized spacial score (nSPS) is 11.5. The zero-order valence-electron chi connectivity index (χ0n) is 33.8. The van der Waals surface area contributed by atoms with Gasteiger partial charge in [-0.2, -0.15) is 0 Å². The lowest BCUT2D eigenvalue weighted by molar-refractivity contribution is 0.0770. The van der Waals surface area contributed by atoms with Crippen LogP contribution in [0.15, 0.2) is 102 Å². The molecule has 0 spiro atoms. The summed E-state index contributed by atoms with van der Waals surface area (Å²) in [4.78, 5) is 41.0. The Bertz CT molecular complexity index is 2310. The maximum atomic E-state index is 13.9. The van der Waals surface area contributed by atoms with Gasteiger partial charge in [-0.3, -0.25) is 19.1 Å². The fourth-order valence-electron chi connectivity index (χ4n) is 6.60. The minimum atomic E-state index is -1.35. The summed E-state index contributed by atoms with van der Waals surface area (Å²) >= 11 is 6.04. The van der Waals surface area contributed by atoms with E-state index in [4.69, 9.17) is 30.8 Å². The van der Waals surface area contributed by atoms with Crippen LogP contribution in [-0.2, 0) is 37.6 Å². The van der Waals surface area contributed by atoms with Gasteiger partial charge in [0, 0.05) is 52.8 Å². The zero-order chi connectivity index (χ0) is 40.7. The lowest BCUT2D eigenvalue weighted by atomic mass is 10.1. The summed E-state index contributed by atoms with van der Waals surface area (Å²) in [7, 11) is 3.68. The molecule has 0 bridgehead atoms. The minimum Gasteiger partial charge on any atom is -0.497 e. The van der Waals surface area contributed by atoms with E-state index in [0.717, 1.165) is 56.8 Å². The van der Waals surface area contributed by atoms with Gasteiger partial charge in [0.2, 0.25) is 0 Å². The Morgan fingerprint density at radius 3 is 2.07 bits per heavy atom. The van der Waals surface area contributed by atoms with Crippen molar-refractivity contribution in [3.05, 3.63) is 146 Å². The third-order valence-corrected chi connectivity index (χ3v) is 11.8. The number of benzene rings is 2. The quantitative estimate of drug-likeness (QED) is 0.0669. The maximum absolute atomic E-state index is 13.9. The summed E-state index contributed by atoms with van der Waals surface area (Å²) in [6, 6.07) is 29.6. The number of methoxy groups -OCH3 is 2. The van der Waals surface area contributed by atoms with E-state index in [-0.39, 0.29) is 37.0 Å². The van der Waals surface area contributed by atoms with Crippen molar-refractivity contribution in [3.63, 3.8) is 0 Å². The summed E-state index contributed by atoms with van der Waals surface area (Å²) in [5, 5.41) is 0.517. The molecule has 298 valence electrons. The van der Waals surface area contributed by atoms with E-state index < -0.39 is 8.07 Å². The monoisotopic (exact) mass is 806 g/mol. The summed E-state index contributed by atoms with van der Waals surface area (Å²) in [6.45, 7) is 11.5. The first kappa shape index (κ1) is 41.2. The van der Waals surface area contributed by atoms with Crippen LogP contribution in [0, 0.1) is 6.92 Å². The molecule has 0 N–H and O–H groups in total. The highest BCUT2D eigenvalue weighted by atomic mass is 35.5. The second-order valence-corrected chi connectivity index (χ2v) is 21.5. The number of aryl methyl sites for hydroxylation is 1. The van der Waals surface area contributed by atoms with Crippen molar-refractivity contribution in [2.45, 2.75) is 65.5 Å². The van der Waals surface area contributed by atoms with Gasteiger partial charge in [0.1, 0.15) is 29.7 Å². The van der Waals surface area contributed by atoms with Crippen LogP contribution in [0.2, 0.25) is 30.7 Å². The summed E-state index contributed by atoms with van der Waals surface area (Å²) < 4.78 is 20.8. The molecule has 4 aromatic heterocycles. The number of rotatable bonds is 17. The smallest absolute Gasteiger partial charge is 0.270 e. The highest BCUT2D eigenvalue weighted by Gasteiger charge is 2.22. The molecule has 0 radical (unpaired) electrons. The molecule has 2 aromatic carbocycles. The number of nitrogens with zero attached hydrogens (tertiary/aromatic N) is 6. The van der Waals surface area contributed by atoms with E-state index >= 15 is 0 Å². The van der Waals surface area contributed by atoms with Crippen molar-refractivity contribution in [1.82, 2.24) is 24.0 Å². The van der Waals surface area contributed by atoms with Crippen molar-refractivity contribution < 1.29 is 19.0 Å². The Morgan fingerprint density at radius 1 is 0.842 bits per heavy atom. The Morgan fingerprint density at radius 2 is 1.49 bits per heavy atom. The highest BCUT2D eigenvalue weighted by Crippen LogP contribution is 2.30.